The van der Waals surface area contributed by atoms with E-state index in [2.05, 4.69) is 4.74 Å². The van der Waals surface area contributed by atoms with E-state index in [1.807, 2.05) is 0 Å². The second-order valence-corrected chi connectivity index (χ2v) is 2.90. The van der Waals surface area contributed by atoms with Crippen molar-refractivity contribution in [1.82, 2.24) is 0 Å². The monoisotopic (exact) mass is 183 g/mol. The highest BCUT2D eigenvalue weighted by molar-refractivity contribution is 5.90. The first-order valence-corrected chi connectivity index (χ1v) is 4.00. The zero-order valence-electron chi connectivity index (χ0n) is 7.96. The highest BCUT2D eigenvalue weighted by atomic mass is 16.5. The minimum atomic E-state index is -0.395. The first kappa shape index (κ1) is 9.80. The summed E-state index contributed by atoms with van der Waals surface area (Å²) >= 11 is 0. The number of aryl methyl sites for hydroxylation is 1. The molecule has 0 saturated heterocycles. The average Bonchev–Trinajstić information content (AvgIpc) is 2.46. The molecule has 1 unspecified atom stereocenters. The highest BCUT2D eigenvalue weighted by Crippen LogP contribution is 2.19. The van der Waals surface area contributed by atoms with E-state index >= 15 is 0 Å². The van der Waals surface area contributed by atoms with Gasteiger partial charge < -0.3 is 14.9 Å². The van der Waals surface area contributed by atoms with Crippen LogP contribution < -0.4 is 5.73 Å². The molecule has 0 aliphatic heterocycles. The average molecular weight is 183 g/mol. The van der Waals surface area contributed by atoms with Crippen molar-refractivity contribution in [2.24, 2.45) is 5.73 Å². The predicted octanol–water partition coefficient (Wildman–Crippen LogP) is 1.39. The molecule has 0 aliphatic carbocycles. The van der Waals surface area contributed by atoms with Gasteiger partial charge in [-0.2, -0.15) is 0 Å². The Bertz CT molecular complexity index is 315. The van der Waals surface area contributed by atoms with Crippen LogP contribution in [0.3, 0.4) is 0 Å². The number of furan rings is 1. The van der Waals surface area contributed by atoms with Crippen molar-refractivity contribution in [1.29, 1.82) is 0 Å². The van der Waals surface area contributed by atoms with Gasteiger partial charge in [-0.3, -0.25) is 0 Å². The summed E-state index contributed by atoms with van der Waals surface area (Å²) in [6, 6.07) is 1.41. The van der Waals surface area contributed by atoms with E-state index < -0.39 is 5.97 Å². The van der Waals surface area contributed by atoms with Crippen LogP contribution in [0.25, 0.3) is 0 Å². The van der Waals surface area contributed by atoms with Crippen molar-refractivity contribution in [2.45, 2.75) is 19.9 Å². The molecule has 0 saturated carbocycles. The molecule has 2 N–H and O–H groups in total. The Morgan fingerprint density at radius 1 is 1.69 bits per heavy atom. The molecule has 1 aromatic rings. The van der Waals surface area contributed by atoms with E-state index in [1.165, 1.54) is 7.11 Å². The van der Waals surface area contributed by atoms with Gasteiger partial charge in [0.15, 0.2) is 0 Å². The lowest BCUT2D eigenvalue weighted by atomic mass is 10.2. The fraction of sp³-hybridized carbons (Fsp3) is 0.444. The molecule has 0 aliphatic rings. The second-order valence-electron chi connectivity index (χ2n) is 2.90. The van der Waals surface area contributed by atoms with Gasteiger partial charge in [-0.1, -0.05) is 0 Å². The van der Waals surface area contributed by atoms with Crippen LogP contribution in [0, 0.1) is 6.92 Å². The summed E-state index contributed by atoms with van der Waals surface area (Å²) in [5.41, 5.74) is 6.03. The summed E-state index contributed by atoms with van der Waals surface area (Å²) in [6.07, 6.45) is 0. The maximum atomic E-state index is 11.1. The summed E-state index contributed by atoms with van der Waals surface area (Å²) in [4.78, 5) is 11.1. The van der Waals surface area contributed by atoms with Crippen LogP contribution in [0.1, 0.15) is 34.8 Å². The van der Waals surface area contributed by atoms with Crippen LogP contribution in [0.2, 0.25) is 0 Å². The SMILES string of the molecule is COC(=O)c1cc(C(C)N)oc1C. The molecule has 4 nitrogen and oxygen atoms in total. The molecular formula is C9H13NO3. The minimum absolute atomic E-state index is 0.211. The van der Waals surface area contributed by atoms with E-state index in [-0.39, 0.29) is 6.04 Å². The van der Waals surface area contributed by atoms with Crippen molar-refractivity contribution in [3.05, 3.63) is 23.2 Å². The van der Waals surface area contributed by atoms with Gasteiger partial charge in [-0.15, -0.1) is 0 Å². The van der Waals surface area contributed by atoms with Crippen LogP contribution in [-0.2, 0) is 4.74 Å². The van der Waals surface area contributed by atoms with Gasteiger partial charge in [0.05, 0.1) is 13.2 Å². The number of carbonyl (C=O) groups excluding carboxylic acids is 1. The van der Waals surface area contributed by atoms with Crippen LogP contribution in [0.5, 0.6) is 0 Å². The fourth-order valence-corrected chi connectivity index (χ4v) is 1.04. The van der Waals surface area contributed by atoms with Gasteiger partial charge in [-0.25, -0.2) is 4.79 Å². The lowest BCUT2D eigenvalue weighted by molar-refractivity contribution is 0.0599. The molecular weight excluding hydrogens is 170 g/mol. The molecule has 0 spiro atoms. The first-order chi connectivity index (χ1) is 6.06. The fourth-order valence-electron chi connectivity index (χ4n) is 1.04. The molecule has 1 atom stereocenters. The molecule has 13 heavy (non-hydrogen) atoms. The topological polar surface area (TPSA) is 65.5 Å². The molecule has 1 rings (SSSR count). The van der Waals surface area contributed by atoms with E-state index in [1.54, 1.807) is 19.9 Å². The van der Waals surface area contributed by atoms with Gasteiger partial charge in [0.2, 0.25) is 0 Å². The molecule has 0 bridgehead atoms. The smallest absolute Gasteiger partial charge is 0.341 e. The summed E-state index contributed by atoms with van der Waals surface area (Å²) in [5, 5.41) is 0. The maximum Gasteiger partial charge on any atom is 0.341 e. The van der Waals surface area contributed by atoms with Crippen LogP contribution in [0.4, 0.5) is 0 Å². The molecule has 4 heteroatoms. The Kier molecular flexibility index (Phi) is 2.72. The number of ether oxygens (including phenoxy) is 1. The molecule has 0 radical (unpaired) electrons. The van der Waals surface area contributed by atoms with Crippen molar-refractivity contribution >= 4 is 5.97 Å². The van der Waals surface area contributed by atoms with Gasteiger partial charge in [-0.05, 0) is 19.9 Å². The Morgan fingerprint density at radius 3 is 2.69 bits per heavy atom. The Hall–Kier alpha value is -1.29. The molecule has 1 aromatic heterocycles. The normalized spacial score (nSPS) is 12.6. The van der Waals surface area contributed by atoms with Crippen LogP contribution in [-0.4, -0.2) is 13.1 Å². The third kappa shape index (κ3) is 1.89. The molecule has 0 aromatic carbocycles. The summed E-state index contributed by atoms with van der Waals surface area (Å²) in [5.74, 6) is 0.741. The maximum absolute atomic E-state index is 11.1. The zero-order valence-corrected chi connectivity index (χ0v) is 7.96. The number of methoxy groups -OCH3 is 1. The summed E-state index contributed by atoms with van der Waals surface area (Å²) in [6.45, 7) is 3.50. The van der Waals surface area contributed by atoms with Crippen LogP contribution in [0.15, 0.2) is 10.5 Å². The quantitative estimate of drug-likeness (QED) is 0.704. The van der Waals surface area contributed by atoms with E-state index in [0.29, 0.717) is 17.1 Å². The number of carbonyl (C=O) groups is 1. The summed E-state index contributed by atoms with van der Waals surface area (Å²) in [7, 11) is 1.33. The zero-order chi connectivity index (χ0) is 10.0. The lowest BCUT2D eigenvalue weighted by Crippen LogP contribution is -2.03. The summed E-state index contributed by atoms with van der Waals surface area (Å²) < 4.78 is 9.84. The van der Waals surface area contributed by atoms with Crippen molar-refractivity contribution in [2.75, 3.05) is 7.11 Å². The number of nitrogens with two attached hydrogens (primary N) is 1. The predicted molar refractivity (Wildman–Crippen MR) is 47.4 cm³/mol. The van der Waals surface area contributed by atoms with Gasteiger partial charge >= 0.3 is 5.97 Å². The van der Waals surface area contributed by atoms with E-state index in [9.17, 15) is 4.79 Å². The lowest BCUT2D eigenvalue weighted by Gasteiger charge is -1.96. The third-order valence-electron chi connectivity index (χ3n) is 1.79. The van der Waals surface area contributed by atoms with Crippen molar-refractivity contribution < 1.29 is 13.9 Å². The number of hydrogen-bond acceptors (Lipinski definition) is 4. The second kappa shape index (κ2) is 3.62. The molecule has 72 valence electrons. The van der Waals surface area contributed by atoms with Crippen molar-refractivity contribution in [3.63, 3.8) is 0 Å². The Morgan fingerprint density at radius 2 is 2.31 bits per heavy atom. The number of esters is 1. The van der Waals surface area contributed by atoms with Crippen molar-refractivity contribution in [3.8, 4) is 0 Å². The Labute approximate surface area is 76.7 Å². The Balaban J connectivity index is 3.03. The molecule has 0 fully saturated rings. The van der Waals surface area contributed by atoms with Gasteiger partial charge in [0.25, 0.3) is 0 Å². The number of rotatable bonds is 2. The van der Waals surface area contributed by atoms with E-state index in [4.69, 9.17) is 10.2 Å². The van der Waals surface area contributed by atoms with Crippen LogP contribution >= 0.6 is 0 Å². The first-order valence-electron chi connectivity index (χ1n) is 4.00. The largest absolute Gasteiger partial charge is 0.465 e. The number of hydrogen-bond donors (Lipinski definition) is 1. The van der Waals surface area contributed by atoms with E-state index in [0.717, 1.165) is 0 Å². The minimum Gasteiger partial charge on any atom is -0.465 e. The molecule has 1 heterocycles. The van der Waals surface area contributed by atoms with Gasteiger partial charge in [0.1, 0.15) is 17.1 Å². The standard InChI is InChI=1S/C9H13NO3/c1-5(10)8-4-7(6(2)13-8)9(11)12-3/h4-5H,10H2,1-3H3. The highest BCUT2D eigenvalue weighted by Gasteiger charge is 2.16. The molecule has 0 amide bonds. The third-order valence-corrected chi connectivity index (χ3v) is 1.79. The van der Waals surface area contributed by atoms with Gasteiger partial charge in [0, 0.05) is 0 Å².